The molecule has 1 atom stereocenters. The number of fused-ring (bicyclic) bond motifs is 6. The van der Waals surface area contributed by atoms with Crippen LogP contribution in [0.5, 0.6) is 0 Å². The van der Waals surface area contributed by atoms with Gasteiger partial charge >= 0.3 is 0 Å². The van der Waals surface area contributed by atoms with Crippen molar-refractivity contribution in [3.8, 4) is 28.1 Å². The van der Waals surface area contributed by atoms with Gasteiger partial charge in [0.25, 0.3) is 0 Å². The molecule has 3 heterocycles. The molecule has 8 aromatic carbocycles. The van der Waals surface area contributed by atoms with Gasteiger partial charge in [-0.2, -0.15) is 0 Å². The van der Waals surface area contributed by atoms with Crippen LogP contribution in [0.15, 0.2) is 211 Å². The van der Waals surface area contributed by atoms with Gasteiger partial charge in [0.05, 0.1) is 28.0 Å². The Morgan fingerprint density at radius 1 is 0.456 bits per heavy atom. The first-order valence-electron chi connectivity index (χ1n) is 19.4. The Bertz CT molecular complexity index is 3140. The van der Waals surface area contributed by atoms with E-state index in [2.05, 4.69) is 216 Å². The molecule has 0 saturated heterocycles. The maximum atomic E-state index is 5.34. The highest BCUT2D eigenvalue weighted by atomic mass is 15.1. The molecule has 0 saturated carbocycles. The van der Waals surface area contributed by atoms with Gasteiger partial charge in [0.2, 0.25) is 0 Å². The first kappa shape index (κ1) is 32.8. The van der Waals surface area contributed by atoms with Gasteiger partial charge in [0.1, 0.15) is 6.17 Å². The number of hydrogen-bond acceptors (Lipinski definition) is 3. The van der Waals surface area contributed by atoms with Crippen molar-refractivity contribution >= 4 is 54.9 Å². The lowest BCUT2D eigenvalue weighted by molar-refractivity contribution is 0.664. The number of aliphatic imine (C=N–C) groups is 1. The Labute approximate surface area is 330 Å². The Kier molecular flexibility index (Phi) is 7.85. The van der Waals surface area contributed by atoms with Crippen LogP contribution in [0, 0.1) is 0 Å². The summed E-state index contributed by atoms with van der Waals surface area (Å²) in [5.74, 6) is 0. The number of para-hydroxylation sites is 3. The molecule has 4 heteroatoms. The van der Waals surface area contributed by atoms with E-state index in [4.69, 9.17) is 9.98 Å². The standard InChI is InChI=1S/C53H36N4/c1-3-15-36(16-4-1)52-45-25-14-24-41(51(45)44-23-7-10-26-46(44)54-52)38-19-13-20-39(33-38)48-34-47(55-53(56-48)37-17-5-2-6-18-37)35-29-31-40(32-30-35)57-49-27-11-8-21-42(49)43-22-9-12-28-50(43)57/h1-34,53,55H. The van der Waals surface area contributed by atoms with Gasteiger partial charge in [-0.1, -0.05) is 164 Å². The second kappa shape index (κ2) is 13.6. The van der Waals surface area contributed by atoms with Crippen molar-refractivity contribution in [2.24, 2.45) is 4.99 Å². The molecule has 1 aliphatic heterocycles. The third-order valence-electron chi connectivity index (χ3n) is 11.2. The summed E-state index contributed by atoms with van der Waals surface area (Å²) in [5, 5.41) is 9.77. The molecule has 57 heavy (non-hydrogen) atoms. The van der Waals surface area contributed by atoms with Crippen molar-refractivity contribution in [3.05, 3.63) is 223 Å². The van der Waals surface area contributed by atoms with Crippen LogP contribution >= 0.6 is 0 Å². The summed E-state index contributed by atoms with van der Waals surface area (Å²) in [5.41, 5.74) is 14.2. The molecular weight excluding hydrogens is 693 g/mol. The maximum absolute atomic E-state index is 5.34. The van der Waals surface area contributed by atoms with Gasteiger partial charge < -0.3 is 9.88 Å². The van der Waals surface area contributed by atoms with Gasteiger partial charge in [-0.3, -0.25) is 4.99 Å². The molecular formula is C53H36N4. The number of aromatic nitrogens is 2. The summed E-state index contributed by atoms with van der Waals surface area (Å²) in [7, 11) is 0. The second-order valence-corrected chi connectivity index (χ2v) is 14.6. The van der Waals surface area contributed by atoms with Crippen LogP contribution < -0.4 is 5.32 Å². The van der Waals surface area contributed by atoms with Gasteiger partial charge in [0.15, 0.2) is 0 Å². The fraction of sp³-hybridized carbons (Fsp3) is 0.0189. The van der Waals surface area contributed by atoms with Gasteiger partial charge in [-0.05, 0) is 64.7 Å². The largest absolute Gasteiger partial charge is 0.360 e. The number of pyridine rings is 1. The lowest BCUT2D eigenvalue weighted by atomic mass is 9.91. The fourth-order valence-corrected chi connectivity index (χ4v) is 8.55. The number of nitrogens with one attached hydrogen (secondary N) is 1. The summed E-state index contributed by atoms with van der Waals surface area (Å²) in [4.78, 5) is 10.5. The number of hydrogen-bond donors (Lipinski definition) is 1. The van der Waals surface area contributed by atoms with E-state index in [-0.39, 0.29) is 6.17 Å². The van der Waals surface area contributed by atoms with Crippen LogP contribution in [0.2, 0.25) is 0 Å². The van der Waals surface area contributed by atoms with Crippen molar-refractivity contribution in [1.29, 1.82) is 0 Å². The number of rotatable bonds is 6. The van der Waals surface area contributed by atoms with Crippen molar-refractivity contribution < 1.29 is 0 Å². The third kappa shape index (κ3) is 5.70. The highest BCUT2D eigenvalue weighted by Gasteiger charge is 2.21. The molecule has 1 N–H and O–H groups in total. The predicted molar refractivity (Wildman–Crippen MR) is 238 cm³/mol. The van der Waals surface area contributed by atoms with E-state index in [1.54, 1.807) is 0 Å². The molecule has 0 bridgehead atoms. The van der Waals surface area contributed by atoms with Crippen LogP contribution in [0.4, 0.5) is 0 Å². The van der Waals surface area contributed by atoms with Crippen LogP contribution in [0.3, 0.4) is 0 Å². The van der Waals surface area contributed by atoms with E-state index < -0.39 is 0 Å². The summed E-state index contributed by atoms with van der Waals surface area (Å²) in [6.07, 6.45) is 1.95. The molecule has 0 spiro atoms. The zero-order valence-electron chi connectivity index (χ0n) is 31.0. The molecule has 268 valence electrons. The average molecular weight is 729 g/mol. The smallest absolute Gasteiger partial charge is 0.145 e. The fourth-order valence-electron chi connectivity index (χ4n) is 8.55. The van der Waals surface area contributed by atoms with Crippen LogP contribution in [-0.2, 0) is 0 Å². The highest BCUT2D eigenvalue weighted by Crippen LogP contribution is 2.39. The molecule has 1 aliphatic rings. The number of benzene rings is 8. The van der Waals surface area contributed by atoms with E-state index >= 15 is 0 Å². The van der Waals surface area contributed by atoms with Crippen LogP contribution in [0.1, 0.15) is 22.9 Å². The van der Waals surface area contributed by atoms with Gasteiger partial charge in [-0.15, -0.1) is 0 Å². The Morgan fingerprint density at radius 3 is 1.81 bits per heavy atom. The van der Waals surface area contributed by atoms with Crippen molar-refractivity contribution in [1.82, 2.24) is 14.9 Å². The molecule has 1 unspecified atom stereocenters. The lowest BCUT2D eigenvalue weighted by Gasteiger charge is -2.25. The van der Waals surface area contributed by atoms with E-state index in [9.17, 15) is 0 Å². The van der Waals surface area contributed by atoms with E-state index in [0.29, 0.717) is 0 Å². The zero-order valence-corrected chi connectivity index (χ0v) is 31.0. The quantitative estimate of drug-likeness (QED) is 0.173. The first-order chi connectivity index (χ1) is 28.3. The summed E-state index contributed by atoms with van der Waals surface area (Å²) in [6.45, 7) is 0. The lowest BCUT2D eigenvalue weighted by Crippen LogP contribution is -2.24. The molecule has 0 amide bonds. The van der Waals surface area contributed by atoms with Gasteiger partial charge in [0, 0.05) is 49.4 Å². The Morgan fingerprint density at radius 2 is 1.05 bits per heavy atom. The average Bonchev–Trinajstić information content (AvgIpc) is 3.63. The van der Waals surface area contributed by atoms with E-state index in [0.717, 1.165) is 66.9 Å². The molecule has 0 radical (unpaired) electrons. The minimum absolute atomic E-state index is 0.247. The molecule has 10 aromatic rings. The van der Waals surface area contributed by atoms with E-state index in [1.165, 1.54) is 32.8 Å². The number of allylic oxidation sites excluding steroid dienone is 1. The van der Waals surface area contributed by atoms with Crippen LogP contribution in [-0.4, -0.2) is 15.3 Å². The summed E-state index contributed by atoms with van der Waals surface area (Å²) in [6, 6.07) is 71.1. The van der Waals surface area contributed by atoms with Crippen molar-refractivity contribution in [2.75, 3.05) is 0 Å². The van der Waals surface area contributed by atoms with Crippen molar-refractivity contribution in [2.45, 2.75) is 6.17 Å². The van der Waals surface area contributed by atoms with Crippen molar-refractivity contribution in [3.63, 3.8) is 0 Å². The molecule has 11 rings (SSSR count). The molecule has 2 aromatic heterocycles. The third-order valence-corrected chi connectivity index (χ3v) is 11.2. The normalized spacial score (nSPS) is 14.1. The summed E-state index contributed by atoms with van der Waals surface area (Å²) >= 11 is 0. The Hall–Kier alpha value is -7.56. The minimum Gasteiger partial charge on any atom is -0.360 e. The minimum atomic E-state index is -0.247. The van der Waals surface area contributed by atoms with E-state index in [1.807, 2.05) is 0 Å². The molecule has 0 aliphatic carbocycles. The van der Waals surface area contributed by atoms with Gasteiger partial charge in [-0.25, -0.2) is 4.98 Å². The Balaban J connectivity index is 1.03. The predicted octanol–water partition coefficient (Wildman–Crippen LogP) is 13.0. The SMILES string of the molecule is C1=C(c2ccc(-n3c4ccccc4c4ccccc43)cc2)NC(c2ccccc2)N=C1c1cccc(-c2cccc3c(-c4ccccc4)nc4ccccc4c23)c1. The van der Waals surface area contributed by atoms with Crippen LogP contribution in [0.25, 0.3) is 77.2 Å². The monoisotopic (exact) mass is 728 g/mol. The number of nitrogens with zero attached hydrogens (tertiary/aromatic N) is 3. The maximum Gasteiger partial charge on any atom is 0.145 e. The molecule has 4 nitrogen and oxygen atoms in total. The second-order valence-electron chi connectivity index (χ2n) is 14.6. The zero-order chi connectivity index (χ0) is 37.7. The topological polar surface area (TPSA) is 42.2 Å². The summed E-state index contributed by atoms with van der Waals surface area (Å²) < 4.78 is 2.36. The first-order valence-corrected chi connectivity index (χ1v) is 19.4. The highest BCUT2D eigenvalue weighted by molar-refractivity contribution is 6.18. The molecule has 0 fully saturated rings.